The largest absolute Gasteiger partial charge is 0.321 e. The number of sulfone groups is 1. The molecule has 0 unspecified atom stereocenters. The number of nitrogens with one attached hydrogen (secondary N) is 1. The molecule has 1 N–H and O–H groups in total. The summed E-state index contributed by atoms with van der Waals surface area (Å²) in [6, 6.07) is 19.4. The number of fused-ring (bicyclic) bond motifs is 1. The Labute approximate surface area is 134 Å². The van der Waals surface area contributed by atoms with E-state index in [0.29, 0.717) is 5.56 Å². The molecule has 0 spiro atoms. The zero-order chi connectivity index (χ0) is 16.4. The highest BCUT2D eigenvalue weighted by atomic mass is 32.2. The van der Waals surface area contributed by atoms with Gasteiger partial charge in [-0.05, 0) is 35.7 Å². The fraction of sp³-hybridized carbons (Fsp3) is 0.0556. The highest BCUT2D eigenvalue weighted by Gasteiger charge is 2.11. The summed E-state index contributed by atoms with van der Waals surface area (Å²) in [5.41, 5.74) is 1.13. The monoisotopic (exact) mass is 325 g/mol. The number of carbonyl (C=O) groups is 1. The molecule has 4 nitrogen and oxygen atoms in total. The lowest BCUT2D eigenvalue weighted by atomic mass is 10.1. The summed E-state index contributed by atoms with van der Waals surface area (Å²) in [6.07, 6.45) is 1.14. The number of hydrogen-bond acceptors (Lipinski definition) is 3. The third-order valence-electron chi connectivity index (χ3n) is 3.58. The Balaban J connectivity index is 1.89. The lowest BCUT2D eigenvalue weighted by Crippen LogP contribution is -2.12. The number of benzene rings is 3. The molecule has 0 aromatic heterocycles. The molecular weight excluding hydrogens is 310 g/mol. The highest BCUT2D eigenvalue weighted by molar-refractivity contribution is 7.90. The van der Waals surface area contributed by atoms with Crippen LogP contribution in [-0.2, 0) is 9.84 Å². The lowest BCUT2D eigenvalue weighted by Gasteiger charge is -2.09. The van der Waals surface area contributed by atoms with Gasteiger partial charge in [-0.2, -0.15) is 0 Å². The Hall–Kier alpha value is -2.66. The SMILES string of the molecule is CS(=O)(=O)c1ccc(C(=O)Nc2cccc3ccccc23)cc1. The van der Waals surface area contributed by atoms with E-state index in [2.05, 4.69) is 5.32 Å². The molecule has 0 aliphatic heterocycles. The van der Waals surface area contributed by atoms with E-state index < -0.39 is 9.84 Å². The van der Waals surface area contributed by atoms with Crippen LogP contribution in [0.2, 0.25) is 0 Å². The molecule has 3 aromatic rings. The Morgan fingerprint density at radius 2 is 1.52 bits per heavy atom. The molecule has 1 amide bonds. The minimum Gasteiger partial charge on any atom is -0.321 e. The number of amides is 1. The van der Waals surface area contributed by atoms with Crippen molar-refractivity contribution >= 4 is 32.2 Å². The quantitative estimate of drug-likeness (QED) is 0.801. The van der Waals surface area contributed by atoms with E-state index in [9.17, 15) is 13.2 Å². The first kappa shape index (κ1) is 15.2. The van der Waals surface area contributed by atoms with Crippen LogP contribution in [0.5, 0.6) is 0 Å². The maximum Gasteiger partial charge on any atom is 0.255 e. The van der Waals surface area contributed by atoms with Gasteiger partial charge in [0.25, 0.3) is 5.91 Å². The molecule has 3 aromatic carbocycles. The first-order valence-corrected chi connectivity index (χ1v) is 8.93. The Morgan fingerprint density at radius 1 is 0.870 bits per heavy atom. The van der Waals surface area contributed by atoms with Gasteiger partial charge in [-0.1, -0.05) is 36.4 Å². The number of hydrogen-bond donors (Lipinski definition) is 1. The second kappa shape index (κ2) is 5.85. The van der Waals surface area contributed by atoms with Gasteiger partial charge in [-0.25, -0.2) is 8.42 Å². The number of carbonyl (C=O) groups excluding carboxylic acids is 1. The molecule has 23 heavy (non-hydrogen) atoms. The van der Waals surface area contributed by atoms with Crippen molar-refractivity contribution in [2.45, 2.75) is 4.90 Å². The van der Waals surface area contributed by atoms with Crippen molar-refractivity contribution in [2.75, 3.05) is 11.6 Å². The van der Waals surface area contributed by atoms with E-state index in [4.69, 9.17) is 0 Å². The predicted octanol–water partition coefficient (Wildman–Crippen LogP) is 3.50. The van der Waals surface area contributed by atoms with Crippen molar-refractivity contribution in [1.82, 2.24) is 0 Å². The zero-order valence-electron chi connectivity index (χ0n) is 12.5. The molecule has 3 rings (SSSR count). The van der Waals surface area contributed by atoms with E-state index in [1.807, 2.05) is 42.5 Å². The first-order chi connectivity index (χ1) is 10.9. The highest BCUT2D eigenvalue weighted by Crippen LogP contribution is 2.23. The van der Waals surface area contributed by atoms with Crippen molar-refractivity contribution in [3.05, 3.63) is 72.3 Å². The summed E-state index contributed by atoms with van der Waals surface area (Å²) in [6.45, 7) is 0. The zero-order valence-corrected chi connectivity index (χ0v) is 13.3. The fourth-order valence-electron chi connectivity index (χ4n) is 2.38. The lowest BCUT2D eigenvalue weighted by molar-refractivity contribution is 0.102. The van der Waals surface area contributed by atoms with Gasteiger partial charge in [-0.3, -0.25) is 4.79 Å². The van der Waals surface area contributed by atoms with E-state index in [0.717, 1.165) is 22.7 Å². The molecule has 0 atom stereocenters. The van der Waals surface area contributed by atoms with Gasteiger partial charge < -0.3 is 5.32 Å². The Bertz CT molecular complexity index is 971. The van der Waals surface area contributed by atoms with Crippen LogP contribution in [0.3, 0.4) is 0 Å². The topological polar surface area (TPSA) is 63.2 Å². The summed E-state index contributed by atoms with van der Waals surface area (Å²) in [4.78, 5) is 12.6. The second-order valence-electron chi connectivity index (χ2n) is 5.28. The predicted molar refractivity (Wildman–Crippen MR) is 91.5 cm³/mol. The molecule has 0 aliphatic carbocycles. The maximum atomic E-state index is 12.4. The van der Waals surface area contributed by atoms with E-state index in [-0.39, 0.29) is 10.8 Å². The molecule has 0 bridgehead atoms. The average molecular weight is 325 g/mol. The Morgan fingerprint density at radius 3 is 2.22 bits per heavy atom. The molecule has 0 heterocycles. The van der Waals surface area contributed by atoms with E-state index in [1.165, 1.54) is 24.3 Å². The van der Waals surface area contributed by atoms with Crippen LogP contribution in [0.4, 0.5) is 5.69 Å². The molecule has 0 fully saturated rings. The summed E-state index contributed by atoms with van der Waals surface area (Å²) in [5.74, 6) is -0.276. The van der Waals surface area contributed by atoms with Crippen LogP contribution in [0.1, 0.15) is 10.4 Å². The van der Waals surface area contributed by atoms with Gasteiger partial charge in [0.15, 0.2) is 9.84 Å². The van der Waals surface area contributed by atoms with Gasteiger partial charge in [0.05, 0.1) is 4.90 Å². The van der Waals surface area contributed by atoms with Crippen LogP contribution in [0.15, 0.2) is 71.6 Å². The molecule has 0 radical (unpaired) electrons. The van der Waals surface area contributed by atoms with Crippen molar-refractivity contribution in [2.24, 2.45) is 0 Å². The van der Waals surface area contributed by atoms with E-state index >= 15 is 0 Å². The summed E-state index contributed by atoms with van der Waals surface area (Å²) in [5, 5.41) is 4.87. The van der Waals surface area contributed by atoms with Crippen molar-refractivity contribution < 1.29 is 13.2 Å². The molecule has 5 heteroatoms. The van der Waals surface area contributed by atoms with Crippen LogP contribution < -0.4 is 5.32 Å². The third-order valence-corrected chi connectivity index (χ3v) is 4.71. The second-order valence-corrected chi connectivity index (χ2v) is 7.29. The summed E-state index contributed by atoms with van der Waals surface area (Å²) < 4.78 is 22.9. The van der Waals surface area contributed by atoms with Crippen molar-refractivity contribution in [3.8, 4) is 0 Å². The molecule has 0 aliphatic rings. The normalized spacial score (nSPS) is 11.3. The summed E-state index contributed by atoms with van der Waals surface area (Å²) in [7, 11) is -3.26. The minimum absolute atomic E-state index is 0.194. The number of anilines is 1. The summed E-state index contributed by atoms with van der Waals surface area (Å²) >= 11 is 0. The van der Waals surface area contributed by atoms with Crippen molar-refractivity contribution in [3.63, 3.8) is 0 Å². The van der Waals surface area contributed by atoms with Gasteiger partial charge in [0.2, 0.25) is 0 Å². The van der Waals surface area contributed by atoms with Crippen LogP contribution >= 0.6 is 0 Å². The standard InChI is InChI=1S/C18H15NO3S/c1-23(21,22)15-11-9-14(10-12-15)18(20)19-17-8-4-6-13-5-2-3-7-16(13)17/h2-12H,1H3,(H,19,20). The minimum atomic E-state index is -3.26. The van der Waals surface area contributed by atoms with Crippen LogP contribution in [0, 0.1) is 0 Å². The maximum absolute atomic E-state index is 12.4. The number of rotatable bonds is 3. The van der Waals surface area contributed by atoms with Crippen molar-refractivity contribution in [1.29, 1.82) is 0 Å². The molecular formula is C18H15NO3S. The molecule has 0 saturated carbocycles. The third kappa shape index (κ3) is 3.24. The Kier molecular flexibility index (Phi) is 3.88. The van der Waals surface area contributed by atoms with Gasteiger partial charge in [0, 0.05) is 22.9 Å². The smallest absolute Gasteiger partial charge is 0.255 e. The molecule has 0 saturated heterocycles. The van der Waals surface area contributed by atoms with Crippen LogP contribution in [0.25, 0.3) is 10.8 Å². The molecule has 116 valence electrons. The van der Waals surface area contributed by atoms with E-state index in [1.54, 1.807) is 0 Å². The van der Waals surface area contributed by atoms with Crippen LogP contribution in [-0.4, -0.2) is 20.6 Å². The van der Waals surface area contributed by atoms with Gasteiger partial charge >= 0.3 is 0 Å². The first-order valence-electron chi connectivity index (χ1n) is 7.04. The van der Waals surface area contributed by atoms with Gasteiger partial charge in [0.1, 0.15) is 0 Å². The fourth-order valence-corrected chi connectivity index (χ4v) is 3.01. The average Bonchev–Trinajstić information content (AvgIpc) is 2.54. The van der Waals surface area contributed by atoms with Gasteiger partial charge in [-0.15, -0.1) is 0 Å².